The molecule has 6 heteroatoms. The van der Waals surface area contributed by atoms with Crippen LogP contribution in [0.5, 0.6) is 5.75 Å². The third kappa shape index (κ3) is 3.26. The van der Waals surface area contributed by atoms with E-state index in [1.807, 2.05) is 24.3 Å². The van der Waals surface area contributed by atoms with E-state index in [1.54, 1.807) is 36.5 Å². The number of aromatic nitrogens is 3. The van der Waals surface area contributed by atoms with Crippen molar-refractivity contribution in [3.63, 3.8) is 0 Å². The number of aromatic hydroxyl groups is 1. The van der Waals surface area contributed by atoms with Crippen LogP contribution in [0.15, 0.2) is 48.7 Å². The number of nitrogen functional groups attached to an aromatic ring is 2. The SMILES string of the molecule is Nc1cc(/C=C/c2cc(-c3ccccc3O)nnc2N)ccn1. The second-order valence-corrected chi connectivity index (χ2v) is 4.93. The molecule has 0 atom stereocenters. The van der Waals surface area contributed by atoms with Gasteiger partial charge in [0.25, 0.3) is 0 Å². The van der Waals surface area contributed by atoms with E-state index in [2.05, 4.69) is 15.2 Å². The highest BCUT2D eigenvalue weighted by Gasteiger charge is 2.08. The van der Waals surface area contributed by atoms with E-state index < -0.39 is 0 Å². The quantitative estimate of drug-likeness (QED) is 0.686. The number of phenols is 1. The minimum atomic E-state index is 0.142. The van der Waals surface area contributed by atoms with Crippen molar-refractivity contribution in [1.29, 1.82) is 0 Å². The number of anilines is 2. The van der Waals surface area contributed by atoms with E-state index >= 15 is 0 Å². The van der Waals surface area contributed by atoms with Crippen molar-refractivity contribution in [3.05, 3.63) is 59.8 Å². The van der Waals surface area contributed by atoms with Gasteiger partial charge in [-0.3, -0.25) is 0 Å². The molecule has 0 aliphatic carbocycles. The standard InChI is InChI=1S/C17H15N5O/c18-16-9-11(7-8-20-16)5-6-12-10-14(21-22-17(12)19)13-3-1-2-4-15(13)23/h1-10,23H,(H2,18,20)(H2,19,22)/b6-5+. The molecule has 0 spiro atoms. The summed E-state index contributed by atoms with van der Waals surface area (Å²) in [5, 5.41) is 17.9. The Labute approximate surface area is 133 Å². The number of benzene rings is 1. The molecule has 0 radical (unpaired) electrons. The molecule has 0 aliphatic rings. The summed E-state index contributed by atoms with van der Waals surface area (Å²) in [5.74, 6) is 0.897. The van der Waals surface area contributed by atoms with Crippen LogP contribution in [0.4, 0.5) is 11.6 Å². The largest absolute Gasteiger partial charge is 0.507 e. The van der Waals surface area contributed by atoms with E-state index in [-0.39, 0.29) is 5.75 Å². The van der Waals surface area contributed by atoms with Gasteiger partial charge in [0.1, 0.15) is 11.6 Å². The summed E-state index contributed by atoms with van der Waals surface area (Å²) in [4.78, 5) is 3.94. The Kier molecular flexibility index (Phi) is 3.88. The van der Waals surface area contributed by atoms with Crippen molar-refractivity contribution < 1.29 is 5.11 Å². The highest BCUT2D eigenvalue weighted by Crippen LogP contribution is 2.28. The molecule has 0 bridgehead atoms. The molecule has 2 aromatic heterocycles. The van der Waals surface area contributed by atoms with Gasteiger partial charge in [-0.2, -0.15) is 0 Å². The second-order valence-electron chi connectivity index (χ2n) is 4.93. The fourth-order valence-corrected chi connectivity index (χ4v) is 2.13. The summed E-state index contributed by atoms with van der Waals surface area (Å²) < 4.78 is 0. The third-order valence-electron chi connectivity index (χ3n) is 3.29. The zero-order valence-corrected chi connectivity index (χ0v) is 12.2. The molecule has 0 saturated heterocycles. The zero-order chi connectivity index (χ0) is 16.2. The van der Waals surface area contributed by atoms with Crippen LogP contribution in [0, 0.1) is 0 Å². The predicted molar refractivity (Wildman–Crippen MR) is 91.1 cm³/mol. The van der Waals surface area contributed by atoms with Gasteiger partial charge in [0, 0.05) is 17.3 Å². The van der Waals surface area contributed by atoms with Gasteiger partial charge in [-0.05, 0) is 35.9 Å². The molecule has 1 aromatic carbocycles. The molecular weight excluding hydrogens is 290 g/mol. The maximum Gasteiger partial charge on any atom is 0.153 e. The van der Waals surface area contributed by atoms with E-state index in [9.17, 15) is 5.11 Å². The normalized spacial score (nSPS) is 11.0. The fraction of sp³-hybridized carbons (Fsp3) is 0. The van der Waals surface area contributed by atoms with Gasteiger partial charge in [-0.15, -0.1) is 10.2 Å². The molecular formula is C17H15N5O. The monoisotopic (exact) mass is 305 g/mol. The van der Waals surface area contributed by atoms with Crippen LogP contribution in [-0.2, 0) is 0 Å². The van der Waals surface area contributed by atoms with Crippen LogP contribution in [0.1, 0.15) is 11.1 Å². The maximum atomic E-state index is 9.92. The first-order valence-corrected chi connectivity index (χ1v) is 6.94. The summed E-state index contributed by atoms with van der Waals surface area (Å²) in [5.41, 5.74) is 14.3. The lowest BCUT2D eigenvalue weighted by molar-refractivity contribution is 0.477. The molecule has 23 heavy (non-hydrogen) atoms. The number of para-hydroxylation sites is 1. The average Bonchev–Trinajstić information content (AvgIpc) is 2.55. The molecule has 0 saturated carbocycles. The van der Waals surface area contributed by atoms with Gasteiger partial charge in [0.05, 0.1) is 5.69 Å². The maximum absolute atomic E-state index is 9.92. The number of phenolic OH excluding ortho intramolecular Hbond substituents is 1. The minimum Gasteiger partial charge on any atom is -0.507 e. The number of rotatable bonds is 3. The van der Waals surface area contributed by atoms with E-state index in [0.29, 0.717) is 28.5 Å². The highest BCUT2D eigenvalue weighted by atomic mass is 16.3. The van der Waals surface area contributed by atoms with Crippen LogP contribution in [0.25, 0.3) is 23.4 Å². The summed E-state index contributed by atoms with van der Waals surface area (Å²) in [7, 11) is 0. The molecule has 0 amide bonds. The van der Waals surface area contributed by atoms with Crippen molar-refractivity contribution in [3.8, 4) is 17.0 Å². The van der Waals surface area contributed by atoms with Crippen molar-refractivity contribution >= 4 is 23.8 Å². The van der Waals surface area contributed by atoms with Gasteiger partial charge in [0.2, 0.25) is 0 Å². The van der Waals surface area contributed by atoms with Crippen molar-refractivity contribution in [1.82, 2.24) is 15.2 Å². The van der Waals surface area contributed by atoms with Gasteiger partial charge in [0.15, 0.2) is 5.82 Å². The Morgan fingerprint density at radius 2 is 1.78 bits per heavy atom. The first-order valence-electron chi connectivity index (χ1n) is 6.94. The molecule has 3 rings (SSSR count). The first-order chi connectivity index (χ1) is 11.1. The Morgan fingerprint density at radius 3 is 2.57 bits per heavy atom. The number of nitrogens with two attached hydrogens (primary N) is 2. The molecule has 114 valence electrons. The molecule has 0 fully saturated rings. The molecule has 6 nitrogen and oxygen atoms in total. The lowest BCUT2D eigenvalue weighted by Gasteiger charge is -2.05. The van der Waals surface area contributed by atoms with Gasteiger partial charge < -0.3 is 16.6 Å². The third-order valence-corrected chi connectivity index (χ3v) is 3.29. The van der Waals surface area contributed by atoms with Crippen LogP contribution in [-0.4, -0.2) is 20.3 Å². The summed E-state index contributed by atoms with van der Waals surface area (Å²) in [6.07, 6.45) is 5.32. The second kappa shape index (κ2) is 6.15. The Bertz CT molecular complexity index is 876. The van der Waals surface area contributed by atoms with Crippen LogP contribution in [0.2, 0.25) is 0 Å². The van der Waals surface area contributed by atoms with Crippen LogP contribution >= 0.6 is 0 Å². The summed E-state index contributed by atoms with van der Waals surface area (Å²) in [6.45, 7) is 0. The predicted octanol–water partition coefficient (Wildman–Crippen LogP) is 2.58. The molecule has 0 aliphatic heterocycles. The van der Waals surface area contributed by atoms with Crippen LogP contribution < -0.4 is 11.5 Å². The number of hydrogen-bond acceptors (Lipinski definition) is 6. The van der Waals surface area contributed by atoms with Crippen molar-refractivity contribution in [2.75, 3.05) is 11.5 Å². The Balaban J connectivity index is 1.97. The van der Waals surface area contributed by atoms with Crippen molar-refractivity contribution in [2.24, 2.45) is 0 Å². The van der Waals surface area contributed by atoms with E-state index in [0.717, 1.165) is 5.56 Å². The number of hydrogen-bond donors (Lipinski definition) is 3. The average molecular weight is 305 g/mol. The molecule has 0 unspecified atom stereocenters. The Hall–Kier alpha value is -3.41. The lowest BCUT2D eigenvalue weighted by Crippen LogP contribution is -1.98. The summed E-state index contributed by atoms with van der Waals surface area (Å²) in [6, 6.07) is 12.3. The summed E-state index contributed by atoms with van der Waals surface area (Å²) >= 11 is 0. The minimum absolute atomic E-state index is 0.142. The van der Waals surface area contributed by atoms with Crippen molar-refractivity contribution in [2.45, 2.75) is 0 Å². The molecule has 5 N–H and O–H groups in total. The number of pyridine rings is 1. The molecule has 2 heterocycles. The first kappa shape index (κ1) is 14.5. The van der Waals surface area contributed by atoms with Gasteiger partial charge >= 0.3 is 0 Å². The zero-order valence-electron chi connectivity index (χ0n) is 12.2. The van der Waals surface area contributed by atoms with Gasteiger partial charge in [-0.1, -0.05) is 24.3 Å². The van der Waals surface area contributed by atoms with Crippen LogP contribution in [0.3, 0.4) is 0 Å². The van der Waals surface area contributed by atoms with E-state index in [1.165, 1.54) is 0 Å². The van der Waals surface area contributed by atoms with Gasteiger partial charge in [-0.25, -0.2) is 4.98 Å². The topological polar surface area (TPSA) is 111 Å². The smallest absolute Gasteiger partial charge is 0.153 e. The van der Waals surface area contributed by atoms with E-state index in [4.69, 9.17) is 11.5 Å². The fourth-order valence-electron chi connectivity index (χ4n) is 2.13. The highest BCUT2D eigenvalue weighted by molar-refractivity contribution is 5.77. The lowest BCUT2D eigenvalue weighted by atomic mass is 10.1. The number of nitrogens with zero attached hydrogens (tertiary/aromatic N) is 3. The Morgan fingerprint density at radius 1 is 0.957 bits per heavy atom. The molecule has 3 aromatic rings.